The Kier molecular flexibility index (Phi) is 5.70. The molecule has 0 amide bonds. The summed E-state index contributed by atoms with van der Waals surface area (Å²) in [5, 5.41) is 0. The molecule has 0 aliphatic carbocycles. The highest BCUT2D eigenvalue weighted by atomic mass is 28.5. The lowest BCUT2D eigenvalue weighted by atomic mass is 10.5. The van der Waals surface area contributed by atoms with E-state index < -0.39 is 17.6 Å². The van der Waals surface area contributed by atoms with E-state index >= 15 is 0 Å². The quantitative estimate of drug-likeness (QED) is 0.406. The highest BCUT2D eigenvalue weighted by molar-refractivity contribution is 6.75. The van der Waals surface area contributed by atoms with Crippen molar-refractivity contribution in [3.8, 4) is 0 Å². The van der Waals surface area contributed by atoms with Gasteiger partial charge in [-0.25, -0.2) is 0 Å². The van der Waals surface area contributed by atoms with Crippen molar-refractivity contribution >= 4 is 17.6 Å². The van der Waals surface area contributed by atoms with Crippen LogP contribution in [0.1, 0.15) is 6.42 Å². The van der Waals surface area contributed by atoms with Crippen LogP contribution in [0.4, 0.5) is 0 Å². The molecule has 1 unspecified atom stereocenters. The summed E-state index contributed by atoms with van der Waals surface area (Å²) >= 11 is 0. The first-order valence-corrected chi connectivity index (χ1v) is 8.00. The van der Waals surface area contributed by atoms with Crippen molar-refractivity contribution in [3.63, 3.8) is 0 Å². The highest BCUT2D eigenvalue weighted by Gasteiger charge is 2.45. The van der Waals surface area contributed by atoms with Gasteiger partial charge in [-0.1, -0.05) is 6.58 Å². The summed E-state index contributed by atoms with van der Waals surface area (Å²) in [6.45, 7) is 3.58. The lowest BCUT2D eigenvalue weighted by molar-refractivity contribution is 0.141. The maximum Gasteiger partial charge on any atom is 0.516 e. The Morgan fingerprint density at radius 1 is 1.43 bits per heavy atom. The number of hydrogen-bond donors (Lipinski definition) is 4. The molecule has 1 atom stereocenters. The van der Waals surface area contributed by atoms with Crippen molar-refractivity contribution in [2.45, 2.75) is 12.5 Å². The molecule has 0 aliphatic rings. The minimum absolute atomic E-state index is 0.198. The fraction of sp³-hybridized carbons (Fsp3) is 0.667. The van der Waals surface area contributed by atoms with Crippen molar-refractivity contribution in [3.05, 3.63) is 12.3 Å². The molecule has 0 fully saturated rings. The van der Waals surface area contributed by atoms with Crippen LogP contribution < -0.4 is 5.73 Å². The van der Waals surface area contributed by atoms with Gasteiger partial charge in [0.05, 0.1) is 0 Å². The third-order valence-corrected chi connectivity index (χ3v) is 6.22. The van der Waals surface area contributed by atoms with Crippen molar-refractivity contribution in [1.82, 2.24) is 0 Å². The third kappa shape index (κ3) is 4.98. The van der Waals surface area contributed by atoms with Crippen molar-refractivity contribution in [2.24, 2.45) is 5.73 Å². The lowest BCUT2D eigenvalue weighted by Crippen LogP contribution is -2.53. The van der Waals surface area contributed by atoms with Crippen LogP contribution in [-0.4, -0.2) is 45.7 Å². The van der Waals surface area contributed by atoms with Gasteiger partial charge in [-0.15, -0.1) is 0 Å². The molecule has 14 heavy (non-hydrogen) atoms. The fourth-order valence-corrected chi connectivity index (χ4v) is 4.60. The maximum absolute atomic E-state index is 9.72. The van der Waals surface area contributed by atoms with Crippen LogP contribution in [0.2, 0.25) is 6.04 Å². The van der Waals surface area contributed by atoms with Gasteiger partial charge in [0.1, 0.15) is 0 Å². The summed E-state index contributed by atoms with van der Waals surface area (Å²) in [4.78, 5) is 28.1. The smallest absolute Gasteiger partial charge is 0.390 e. The van der Waals surface area contributed by atoms with Crippen LogP contribution in [0, 0.1) is 0 Å². The molecular formula is C6H17NO5Si2. The van der Waals surface area contributed by atoms with E-state index in [1.54, 1.807) is 0 Å². The van der Waals surface area contributed by atoms with Gasteiger partial charge in [0.2, 0.25) is 0 Å². The van der Waals surface area contributed by atoms with Crippen LogP contribution in [-0.2, 0) is 8.54 Å². The molecule has 0 saturated carbocycles. The van der Waals surface area contributed by atoms with Gasteiger partial charge in [0.25, 0.3) is 0 Å². The normalized spacial score (nSPS) is 16.4. The predicted octanol–water partition coefficient (Wildman–Crippen LogP) is -1.42. The lowest BCUT2D eigenvalue weighted by Gasteiger charge is -2.26. The first-order valence-electron chi connectivity index (χ1n) is 4.15. The molecule has 0 radical (unpaired) electrons. The Balaban J connectivity index is 4.30. The molecule has 0 aromatic heterocycles. The van der Waals surface area contributed by atoms with E-state index in [-0.39, 0.29) is 6.04 Å². The zero-order valence-electron chi connectivity index (χ0n) is 8.14. The fourth-order valence-electron chi connectivity index (χ4n) is 0.797. The predicted molar refractivity (Wildman–Crippen MR) is 54.9 cm³/mol. The minimum Gasteiger partial charge on any atom is -0.390 e. The topological polar surface area (TPSA) is 105 Å². The molecule has 0 spiro atoms. The highest BCUT2D eigenvalue weighted by Crippen LogP contribution is 2.15. The second-order valence-electron chi connectivity index (χ2n) is 2.77. The summed E-state index contributed by atoms with van der Waals surface area (Å²) in [6, 6.07) is 0.198. The standard InChI is InChI=1S/C6H17NO5Si2/c1-3-13(8,9)12-14(10,11-2)6-4-5-7/h3,8-10H,1,4-7H2,2H3. The average molecular weight is 239 g/mol. The molecule has 8 heteroatoms. The van der Waals surface area contributed by atoms with Gasteiger partial charge < -0.3 is 28.7 Å². The molecular weight excluding hydrogens is 222 g/mol. The van der Waals surface area contributed by atoms with Crippen LogP contribution in [0.5, 0.6) is 0 Å². The van der Waals surface area contributed by atoms with Gasteiger partial charge in [-0.05, 0) is 18.7 Å². The average Bonchev–Trinajstić information content (AvgIpc) is 2.14. The monoisotopic (exact) mass is 239 g/mol. The molecule has 0 heterocycles. The van der Waals surface area contributed by atoms with Gasteiger partial charge >= 0.3 is 17.6 Å². The van der Waals surface area contributed by atoms with Gasteiger partial charge in [-0.3, -0.25) is 0 Å². The second-order valence-corrected chi connectivity index (χ2v) is 7.65. The van der Waals surface area contributed by atoms with Crippen LogP contribution in [0.3, 0.4) is 0 Å². The van der Waals surface area contributed by atoms with Crippen molar-refractivity contribution in [1.29, 1.82) is 0 Å². The molecule has 0 saturated heterocycles. The zero-order chi connectivity index (χ0) is 11.2. The Labute approximate surface area is 85.3 Å². The van der Waals surface area contributed by atoms with E-state index in [1.807, 2.05) is 0 Å². The third-order valence-electron chi connectivity index (χ3n) is 1.59. The van der Waals surface area contributed by atoms with E-state index in [9.17, 15) is 14.4 Å². The summed E-state index contributed by atoms with van der Waals surface area (Å²) in [5.41, 5.74) is 6.15. The largest absolute Gasteiger partial charge is 0.516 e. The second kappa shape index (κ2) is 5.73. The molecule has 6 nitrogen and oxygen atoms in total. The zero-order valence-corrected chi connectivity index (χ0v) is 10.1. The molecule has 0 rings (SSSR count). The van der Waals surface area contributed by atoms with E-state index in [2.05, 4.69) is 6.58 Å². The van der Waals surface area contributed by atoms with E-state index in [1.165, 1.54) is 7.11 Å². The SMILES string of the molecule is C=C[Si](O)(O)O[Si](O)(CCCN)OC. The number of hydrogen-bond acceptors (Lipinski definition) is 6. The number of rotatable bonds is 7. The Hall–Kier alpha value is -0.0662. The molecule has 0 aromatic carbocycles. The molecule has 84 valence electrons. The van der Waals surface area contributed by atoms with Crippen LogP contribution >= 0.6 is 0 Å². The van der Waals surface area contributed by atoms with Crippen molar-refractivity contribution in [2.75, 3.05) is 13.7 Å². The first-order chi connectivity index (χ1) is 6.39. The minimum atomic E-state index is -3.97. The van der Waals surface area contributed by atoms with Gasteiger partial charge in [-0.2, -0.15) is 0 Å². The van der Waals surface area contributed by atoms with Gasteiger partial charge in [0.15, 0.2) is 0 Å². The Bertz CT molecular complexity index is 191. The summed E-state index contributed by atoms with van der Waals surface area (Å²) < 4.78 is 9.54. The Morgan fingerprint density at radius 2 is 2.00 bits per heavy atom. The van der Waals surface area contributed by atoms with E-state index in [0.717, 1.165) is 5.70 Å². The van der Waals surface area contributed by atoms with Crippen molar-refractivity contribution < 1.29 is 22.9 Å². The molecule has 0 aliphatic heterocycles. The Morgan fingerprint density at radius 3 is 2.36 bits per heavy atom. The summed E-state index contributed by atoms with van der Waals surface area (Å²) in [6.07, 6.45) is 0.498. The molecule has 0 bridgehead atoms. The summed E-state index contributed by atoms with van der Waals surface area (Å²) in [7, 11) is -6.20. The van der Waals surface area contributed by atoms with Crippen LogP contribution in [0.25, 0.3) is 0 Å². The molecule has 0 aromatic rings. The van der Waals surface area contributed by atoms with E-state index in [0.29, 0.717) is 13.0 Å². The summed E-state index contributed by atoms with van der Waals surface area (Å²) in [5.74, 6) is 0. The molecule has 5 N–H and O–H groups in total. The first kappa shape index (κ1) is 13.9. The van der Waals surface area contributed by atoms with E-state index in [4.69, 9.17) is 14.3 Å². The van der Waals surface area contributed by atoms with Crippen LogP contribution in [0.15, 0.2) is 12.3 Å². The number of nitrogens with two attached hydrogens (primary N) is 1. The van der Waals surface area contributed by atoms with Gasteiger partial charge in [0, 0.05) is 13.2 Å². The maximum atomic E-state index is 9.72.